The predicted octanol–water partition coefficient (Wildman–Crippen LogP) is 1.70. The van der Waals surface area contributed by atoms with Gasteiger partial charge in [0.25, 0.3) is 5.91 Å². The van der Waals surface area contributed by atoms with Crippen molar-refractivity contribution in [2.75, 3.05) is 32.8 Å². The Kier molecular flexibility index (Phi) is 8.44. The average Bonchev–Trinajstić information content (AvgIpc) is 2.86. The second-order valence-corrected chi connectivity index (χ2v) is 11.0. The van der Waals surface area contributed by atoms with Gasteiger partial charge >= 0.3 is 6.09 Å². The molecule has 2 saturated heterocycles. The fourth-order valence-electron chi connectivity index (χ4n) is 5.08. The Balaban J connectivity index is 1.62. The highest BCUT2D eigenvalue weighted by molar-refractivity contribution is 6.00. The standard InChI is InChI=1S/C27H38N4O7/c1-17(32)29-20-10-9-18-11-14-36-22-8-6-5-7-19(22)25(34)31-13-12-30(26(35)38-27(2,3)4)16-21(31)24(33)28-15-23(20)37-18/h5-8,18,20-21,23H,9-16H2,1-4H3,(H,28,33)(H,29,32)/t18-,20+,21-,23+/m0/s1. The lowest BCUT2D eigenvalue weighted by Gasteiger charge is -2.42. The highest BCUT2D eigenvalue weighted by Gasteiger charge is 2.40. The number of amides is 4. The van der Waals surface area contributed by atoms with Crippen LogP contribution in [0.4, 0.5) is 4.79 Å². The number of piperazine rings is 1. The topological polar surface area (TPSA) is 127 Å². The number of fused-ring (bicyclic) bond motifs is 4. The first kappa shape index (κ1) is 27.7. The van der Waals surface area contributed by atoms with Crippen molar-refractivity contribution in [1.29, 1.82) is 0 Å². The molecular formula is C27H38N4O7. The first-order valence-corrected chi connectivity index (χ1v) is 13.2. The summed E-state index contributed by atoms with van der Waals surface area (Å²) in [7, 11) is 0. The molecule has 4 amide bonds. The number of nitrogens with one attached hydrogen (secondary N) is 2. The zero-order valence-electron chi connectivity index (χ0n) is 22.5. The molecule has 4 rings (SSSR count). The minimum Gasteiger partial charge on any atom is -0.493 e. The summed E-state index contributed by atoms with van der Waals surface area (Å²) in [6, 6.07) is 5.78. The SMILES string of the molecule is CC(=O)N[C@@H]1CC[C@H]2CCOc3ccccc3C(=O)N3CCN(C(=O)OC(C)(C)C)C[C@H]3C(=O)NC[C@H]1O2. The van der Waals surface area contributed by atoms with E-state index in [-0.39, 0.29) is 50.1 Å². The molecule has 1 aromatic carbocycles. The van der Waals surface area contributed by atoms with Crippen LogP contribution in [0.3, 0.4) is 0 Å². The van der Waals surface area contributed by atoms with Crippen molar-refractivity contribution >= 4 is 23.8 Å². The van der Waals surface area contributed by atoms with Crippen LogP contribution in [-0.4, -0.2) is 96.3 Å². The van der Waals surface area contributed by atoms with E-state index >= 15 is 0 Å². The van der Waals surface area contributed by atoms with Crippen LogP contribution >= 0.6 is 0 Å². The maximum Gasteiger partial charge on any atom is 0.410 e. The quantitative estimate of drug-likeness (QED) is 0.566. The van der Waals surface area contributed by atoms with Crippen molar-refractivity contribution in [3.05, 3.63) is 29.8 Å². The maximum atomic E-state index is 13.7. The van der Waals surface area contributed by atoms with Gasteiger partial charge in [-0.05, 0) is 45.7 Å². The van der Waals surface area contributed by atoms with Crippen LogP contribution in [0, 0.1) is 0 Å². The number of para-hydroxylation sites is 1. The summed E-state index contributed by atoms with van der Waals surface area (Å²) in [6.07, 6.45) is 0.970. The fourth-order valence-corrected chi connectivity index (χ4v) is 5.08. The van der Waals surface area contributed by atoms with Gasteiger partial charge < -0.3 is 34.6 Å². The second-order valence-electron chi connectivity index (χ2n) is 11.0. The Bertz CT molecular complexity index is 1060. The molecule has 208 valence electrons. The lowest BCUT2D eigenvalue weighted by molar-refractivity contribution is -0.130. The Morgan fingerprint density at radius 3 is 2.61 bits per heavy atom. The van der Waals surface area contributed by atoms with Crippen LogP contribution in [0.2, 0.25) is 0 Å². The summed E-state index contributed by atoms with van der Waals surface area (Å²) in [5.41, 5.74) is -0.333. The van der Waals surface area contributed by atoms with Gasteiger partial charge in [0, 0.05) is 33.0 Å². The zero-order valence-corrected chi connectivity index (χ0v) is 22.5. The minimum absolute atomic E-state index is 0.0151. The lowest BCUT2D eigenvalue weighted by atomic mass is 9.96. The predicted molar refractivity (Wildman–Crippen MR) is 138 cm³/mol. The van der Waals surface area contributed by atoms with Gasteiger partial charge in [0.15, 0.2) is 0 Å². The molecule has 0 radical (unpaired) electrons. The van der Waals surface area contributed by atoms with E-state index in [2.05, 4.69) is 10.6 Å². The lowest BCUT2D eigenvalue weighted by Crippen LogP contribution is -2.63. The third kappa shape index (κ3) is 6.75. The van der Waals surface area contributed by atoms with Gasteiger partial charge in [-0.3, -0.25) is 14.4 Å². The third-order valence-corrected chi connectivity index (χ3v) is 6.89. The van der Waals surface area contributed by atoms with Crippen molar-refractivity contribution in [2.45, 2.75) is 76.9 Å². The maximum absolute atomic E-state index is 13.7. The van der Waals surface area contributed by atoms with Gasteiger partial charge in [-0.1, -0.05) is 12.1 Å². The Morgan fingerprint density at radius 1 is 1.11 bits per heavy atom. The number of benzene rings is 1. The summed E-state index contributed by atoms with van der Waals surface area (Å²) < 4.78 is 17.8. The highest BCUT2D eigenvalue weighted by Crippen LogP contribution is 2.26. The van der Waals surface area contributed by atoms with Crippen LogP contribution in [0.1, 0.15) is 57.3 Å². The number of carbonyl (C=O) groups is 4. The van der Waals surface area contributed by atoms with Crippen molar-refractivity contribution in [2.24, 2.45) is 0 Å². The van der Waals surface area contributed by atoms with Crippen molar-refractivity contribution in [3.63, 3.8) is 0 Å². The van der Waals surface area contributed by atoms with E-state index in [1.807, 2.05) is 0 Å². The molecule has 3 aliphatic heterocycles. The van der Waals surface area contributed by atoms with Crippen molar-refractivity contribution in [1.82, 2.24) is 20.4 Å². The molecule has 3 aliphatic rings. The van der Waals surface area contributed by atoms with Crippen molar-refractivity contribution in [3.8, 4) is 5.75 Å². The first-order valence-electron chi connectivity index (χ1n) is 13.2. The van der Waals surface area contributed by atoms with Crippen LogP contribution in [-0.2, 0) is 19.1 Å². The van der Waals surface area contributed by atoms with Gasteiger partial charge in [0.05, 0.1) is 37.0 Å². The van der Waals surface area contributed by atoms with E-state index < -0.39 is 29.7 Å². The number of hydrogen-bond acceptors (Lipinski definition) is 7. The summed E-state index contributed by atoms with van der Waals surface area (Å²) in [5.74, 6) is -0.477. The molecule has 0 aromatic heterocycles. The molecule has 4 atom stereocenters. The Hall–Kier alpha value is -3.34. The molecule has 2 bridgehead atoms. The fraction of sp³-hybridized carbons (Fsp3) is 0.630. The highest BCUT2D eigenvalue weighted by atomic mass is 16.6. The van der Waals surface area contributed by atoms with E-state index in [1.165, 1.54) is 16.7 Å². The average molecular weight is 531 g/mol. The molecular weight excluding hydrogens is 492 g/mol. The smallest absolute Gasteiger partial charge is 0.410 e. The molecule has 2 N–H and O–H groups in total. The van der Waals surface area contributed by atoms with E-state index in [0.717, 1.165) is 6.42 Å². The molecule has 11 heteroatoms. The van der Waals surface area contributed by atoms with Gasteiger partial charge in [-0.25, -0.2) is 4.79 Å². The summed E-state index contributed by atoms with van der Waals surface area (Å²) in [5, 5.41) is 5.85. The molecule has 38 heavy (non-hydrogen) atoms. The summed E-state index contributed by atoms with van der Waals surface area (Å²) >= 11 is 0. The first-order chi connectivity index (χ1) is 18.0. The molecule has 0 spiro atoms. The van der Waals surface area contributed by atoms with Gasteiger partial charge in [0.2, 0.25) is 11.8 Å². The van der Waals surface area contributed by atoms with Crippen LogP contribution < -0.4 is 15.4 Å². The Morgan fingerprint density at radius 2 is 1.87 bits per heavy atom. The third-order valence-electron chi connectivity index (χ3n) is 6.89. The van der Waals surface area contributed by atoms with Gasteiger partial charge in [-0.15, -0.1) is 0 Å². The number of hydrogen-bond donors (Lipinski definition) is 2. The zero-order chi connectivity index (χ0) is 27.4. The number of ether oxygens (including phenoxy) is 3. The number of carbonyl (C=O) groups excluding carboxylic acids is 4. The molecule has 2 fully saturated rings. The second kappa shape index (κ2) is 11.6. The molecule has 11 nitrogen and oxygen atoms in total. The number of rotatable bonds is 1. The molecule has 0 unspecified atom stereocenters. The largest absolute Gasteiger partial charge is 0.493 e. The summed E-state index contributed by atoms with van der Waals surface area (Å²) in [6.45, 7) is 7.66. The van der Waals surface area contributed by atoms with E-state index in [9.17, 15) is 19.2 Å². The molecule has 0 aliphatic carbocycles. The number of nitrogens with zero attached hydrogens (tertiary/aromatic N) is 2. The van der Waals surface area contributed by atoms with Crippen LogP contribution in [0.25, 0.3) is 0 Å². The molecule has 1 aromatic rings. The minimum atomic E-state index is -0.946. The normalized spacial score (nSPS) is 26.6. The van der Waals surface area contributed by atoms with Gasteiger partial charge in [-0.2, -0.15) is 0 Å². The Labute approximate surface area is 223 Å². The van der Waals surface area contributed by atoms with Crippen LogP contribution in [0.15, 0.2) is 24.3 Å². The van der Waals surface area contributed by atoms with Gasteiger partial charge in [0.1, 0.15) is 17.4 Å². The van der Waals surface area contributed by atoms with E-state index in [4.69, 9.17) is 14.2 Å². The van der Waals surface area contributed by atoms with Crippen molar-refractivity contribution < 1.29 is 33.4 Å². The van der Waals surface area contributed by atoms with Crippen LogP contribution in [0.5, 0.6) is 5.75 Å². The van der Waals surface area contributed by atoms with E-state index in [1.54, 1.807) is 45.0 Å². The molecule has 0 saturated carbocycles. The monoisotopic (exact) mass is 530 g/mol. The summed E-state index contributed by atoms with van der Waals surface area (Å²) in [4.78, 5) is 54.8. The molecule has 3 heterocycles. The van der Waals surface area contributed by atoms with E-state index in [0.29, 0.717) is 30.8 Å².